The van der Waals surface area contributed by atoms with Gasteiger partial charge in [-0.1, -0.05) is 53.2 Å². The summed E-state index contributed by atoms with van der Waals surface area (Å²) in [6, 6.07) is 7.76. The van der Waals surface area contributed by atoms with Gasteiger partial charge in [0.1, 0.15) is 5.69 Å². The molecule has 5 heteroatoms. The lowest BCUT2D eigenvalue weighted by molar-refractivity contribution is 0.111. The molecule has 0 saturated heterocycles. The van der Waals surface area contributed by atoms with Crippen LogP contribution in [0.25, 0.3) is 11.3 Å². The van der Waals surface area contributed by atoms with E-state index in [1.165, 1.54) is 0 Å². The first-order valence-electron chi connectivity index (χ1n) is 5.77. The molecule has 0 aliphatic carbocycles. The molecule has 94 valence electrons. The summed E-state index contributed by atoms with van der Waals surface area (Å²) in [5, 5.41) is 7.99. The zero-order valence-electron chi connectivity index (χ0n) is 10.3. The summed E-state index contributed by atoms with van der Waals surface area (Å²) >= 11 is 3.50. The number of aldehydes is 1. The van der Waals surface area contributed by atoms with Crippen LogP contribution >= 0.6 is 15.9 Å². The topological polar surface area (TPSA) is 47.8 Å². The van der Waals surface area contributed by atoms with Crippen molar-refractivity contribution >= 4 is 22.2 Å². The quantitative estimate of drug-likeness (QED) is 0.815. The average molecular weight is 308 g/mol. The number of halogens is 1. The Hall–Kier alpha value is -1.49. The summed E-state index contributed by atoms with van der Waals surface area (Å²) < 4.78 is 2.72. The molecular formula is C13H14BrN3O. The van der Waals surface area contributed by atoms with Gasteiger partial charge in [0.05, 0.1) is 0 Å². The fraction of sp³-hybridized carbons (Fsp3) is 0.308. The van der Waals surface area contributed by atoms with Crippen molar-refractivity contribution in [3.63, 3.8) is 0 Å². The highest BCUT2D eigenvalue weighted by atomic mass is 79.9. The van der Waals surface area contributed by atoms with E-state index in [2.05, 4.69) is 40.1 Å². The van der Waals surface area contributed by atoms with Crippen molar-refractivity contribution in [3.8, 4) is 11.3 Å². The van der Waals surface area contributed by atoms with E-state index in [1.807, 2.05) is 24.3 Å². The van der Waals surface area contributed by atoms with Gasteiger partial charge in [-0.05, 0) is 12.0 Å². The van der Waals surface area contributed by atoms with E-state index in [9.17, 15) is 4.79 Å². The van der Waals surface area contributed by atoms with Gasteiger partial charge in [0.25, 0.3) is 0 Å². The van der Waals surface area contributed by atoms with Crippen LogP contribution in [0.2, 0.25) is 0 Å². The summed E-state index contributed by atoms with van der Waals surface area (Å²) in [5.41, 5.74) is 2.08. The first-order chi connectivity index (χ1) is 8.63. The minimum atomic E-state index is 0.377. The molecule has 0 saturated carbocycles. The van der Waals surface area contributed by atoms with E-state index >= 15 is 0 Å². The predicted molar refractivity (Wildman–Crippen MR) is 73.4 cm³/mol. The van der Waals surface area contributed by atoms with Gasteiger partial charge in [-0.3, -0.25) is 4.79 Å². The number of aromatic nitrogens is 3. The van der Waals surface area contributed by atoms with Crippen molar-refractivity contribution in [1.29, 1.82) is 0 Å². The van der Waals surface area contributed by atoms with Gasteiger partial charge < -0.3 is 0 Å². The number of carbonyl (C=O) groups is 1. The van der Waals surface area contributed by atoms with Crippen molar-refractivity contribution in [2.24, 2.45) is 5.92 Å². The van der Waals surface area contributed by atoms with E-state index in [0.717, 1.165) is 28.6 Å². The monoisotopic (exact) mass is 307 g/mol. The number of nitrogens with zero attached hydrogens (tertiary/aromatic N) is 3. The number of hydrogen-bond acceptors (Lipinski definition) is 3. The van der Waals surface area contributed by atoms with E-state index in [1.54, 1.807) is 4.68 Å². The number of hydrogen-bond donors (Lipinski definition) is 0. The van der Waals surface area contributed by atoms with Crippen LogP contribution in [0.5, 0.6) is 0 Å². The molecule has 4 nitrogen and oxygen atoms in total. The molecular weight excluding hydrogens is 294 g/mol. The molecule has 0 atom stereocenters. The Morgan fingerprint density at radius 1 is 1.39 bits per heavy atom. The lowest BCUT2D eigenvalue weighted by atomic mass is 10.1. The van der Waals surface area contributed by atoms with E-state index in [0.29, 0.717) is 11.6 Å². The Kier molecular flexibility index (Phi) is 3.91. The lowest BCUT2D eigenvalue weighted by Gasteiger charge is -2.10. The molecule has 1 heterocycles. The first kappa shape index (κ1) is 13.0. The maximum Gasteiger partial charge on any atom is 0.172 e. The molecule has 0 fully saturated rings. The van der Waals surface area contributed by atoms with Crippen molar-refractivity contribution in [2.75, 3.05) is 0 Å². The van der Waals surface area contributed by atoms with Gasteiger partial charge in [0, 0.05) is 16.6 Å². The highest BCUT2D eigenvalue weighted by molar-refractivity contribution is 9.10. The van der Waals surface area contributed by atoms with Gasteiger partial charge in [-0.2, -0.15) is 0 Å². The molecule has 0 amide bonds. The minimum absolute atomic E-state index is 0.377. The second-order valence-electron chi connectivity index (χ2n) is 4.50. The third kappa shape index (κ3) is 2.51. The Bertz CT molecular complexity index is 563. The number of benzene rings is 1. The van der Waals surface area contributed by atoms with E-state index < -0.39 is 0 Å². The highest BCUT2D eigenvalue weighted by Gasteiger charge is 2.16. The third-order valence-electron chi connectivity index (χ3n) is 2.54. The maximum absolute atomic E-state index is 11.1. The maximum atomic E-state index is 11.1. The van der Waals surface area contributed by atoms with Gasteiger partial charge in [0.15, 0.2) is 12.0 Å². The van der Waals surface area contributed by atoms with Gasteiger partial charge in [0.2, 0.25) is 0 Å². The zero-order valence-corrected chi connectivity index (χ0v) is 11.9. The smallest absolute Gasteiger partial charge is 0.172 e. The summed E-state index contributed by atoms with van der Waals surface area (Å²) in [5.74, 6) is 0.437. The predicted octanol–water partition coefficient (Wildman–Crippen LogP) is 3.18. The Balaban J connectivity index is 2.57. The normalized spacial score (nSPS) is 10.9. The third-order valence-corrected chi connectivity index (χ3v) is 3.23. The number of rotatable bonds is 4. The molecule has 18 heavy (non-hydrogen) atoms. The van der Waals surface area contributed by atoms with Gasteiger partial charge in [-0.15, -0.1) is 5.10 Å². The second-order valence-corrected chi connectivity index (χ2v) is 5.35. The fourth-order valence-corrected chi connectivity index (χ4v) is 2.28. The van der Waals surface area contributed by atoms with Crippen LogP contribution in [-0.2, 0) is 6.54 Å². The average Bonchev–Trinajstić information content (AvgIpc) is 2.72. The largest absolute Gasteiger partial charge is 0.296 e. The molecule has 0 N–H and O–H groups in total. The molecule has 0 spiro atoms. The van der Waals surface area contributed by atoms with Crippen LogP contribution in [0.4, 0.5) is 0 Å². The van der Waals surface area contributed by atoms with Crippen LogP contribution in [0.1, 0.15) is 24.3 Å². The summed E-state index contributed by atoms with van der Waals surface area (Å²) in [7, 11) is 0. The zero-order chi connectivity index (χ0) is 13.1. The van der Waals surface area contributed by atoms with Gasteiger partial charge in [-0.25, -0.2) is 4.68 Å². The molecule has 0 radical (unpaired) electrons. The van der Waals surface area contributed by atoms with Crippen molar-refractivity contribution in [3.05, 3.63) is 34.4 Å². The number of carbonyl (C=O) groups excluding carboxylic acids is 1. The van der Waals surface area contributed by atoms with Crippen LogP contribution in [0.15, 0.2) is 28.7 Å². The molecule has 0 aliphatic heterocycles. The molecule has 0 unspecified atom stereocenters. The first-order valence-corrected chi connectivity index (χ1v) is 6.56. The van der Waals surface area contributed by atoms with Crippen LogP contribution in [0.3, 0.4) is 0 Å². The van der Waals surface area contributed by atoms with Crippen molar-refractivity contribution in [1.82, 2.24) is 15.0 Å². The molecule has 2 aromatic rings. The van der Waals surface area contributed by atoms with Crippen LogP contribution < -0.4 is 0 Å². The standard InChI is InChI=1S/C13H14BrN3O/c1-9(2)7-17-13(12(8-18)15-16-17)10-5-3-4-6-11(10)14/h3-6,8-9H,7H2,1-2H3. The molecule has 0 aliphatic rings. The SMILES string of the molecule is CC(C)Cn1nnc(C=O)c1-c1ccccc1Br. The van der Waals surface area contributed by atoms with Gasteiger partial charge >= 0.3 is 0 Å². The Morgan fingerprint density at radius 2 is 2.11 bits per heavy atom. The van der Waals surface area contributed by atoms with Crippen LogP contribution in [0, 0.1) is 5.92 Å². The molecule has 0 bridgehead atoms. The summed E-state index contributed by atoms with van der Waals surface area (Å²) in [6.45, 7) is 4.94. The Labute approximate surface area is 114 Å². The Morgan fingerprint density at radius 3 is 2.72 bits per heavy atom. The molecule has 1 aromatic carbocycles. The van der Waals surface area contributed by atoms with Crippen molar-refractivity contribution in [2.45, 2.75) is 20.4 Å². The minimum Gasteiger partial charge on any atom is -0.296 e. The van der Waals surface area contributed by atoms with E-state index in [4.69, 9.17) is 0 Å². The van der Waals surface area contributed by atoms with Crippen molar-refractivity contribution < 1.29 is 4.79 Å². The summed E-state index contributed by atoms with van der Waals surface area (Å²) in [4.78, 5) is 11.1. The molecule has 2 rings (SSSR count). The highest BCUT2D eigenvalue weighted by Crippen LogP contribution is 2.29. The lowest BCUT2D eigenvalue weighted by Crippen LogP contribution is -2.08. The second kappa shape index (κ2) is 5.44. The van der Waals surface area contributed by atoms with Crippen LogP contribution in [-0.4, -0.2) is 21.3 Å². The molecule has 1 aromatic heterocycles. The van der Waals surface area contributed by atoms with E-state index in [-0.39, 0.29) is 0 Å². The summed E-state index contributed by atoms with van der Waals surface area (Å²) in [6.07, 6.45) is 0.749. The fourth-order valence-electron chi connectivity index (χ4n) is 1.81.